The number of ether oxygens (including phenoxy) is 2. The Labute approximate surface area is 119 Å². The van der Waals surface area contributed by atoms with E-state index in [0.29, 0.717) is 26.1 Å². The second-order valence-corrected chi connectivity index (χ2v) is 6.13. The summed E-state index contributed by atoms with van der Waals surface area (Å²) in [5, 5.41) is 9.51. The lowest BCUT2D eigenvalue weighted by molar-refractivity contribution is -0.148. The molecule has 102 valence electrons. The fourth-order valence-electron chi connectivity index (χ4n) is 2.83. The minimum atomic E-state index is -0.805. The van der Waals surface area contributed by atoms with Crippen molar-refractivity contribution in [1.82, 2.24) is 0 Å². The molecule has 0 aliphatic carbocycles. The molecular formula is C14H15BrO4. The first-order valence-electron chi connectivity index (χ1n) is 6.36. The number of rotatable bonds is 3. The number of aliphatic carboxylic acids is 1. The number of hydrogen-bond donors (Lipinski definition) is 1. The summed E-state index contributed by atoms with van der Waals surface area (Å²) < 4.78 is 12.0. The van der Waals surface area contributed by atoms with E-state index in [9.17, 15) is 9.90 Å². The molecule has 2 aliphatic heterocycles. The summed E-state index contributed by atoms with van der Waals surface area (Å²) in [6.45, 7) is 1.47. The van der Waals surface area contributed by atoms with E-state index in [-0.39, 0.29) is 6.61 Å². The van der Waals surface area contributed by atoms with E-state index in [1.54, 1.807) is 0 Å². The molecule has 0 amide bonds. The van der Waals surface area contributed by atoms with Crippen LogP contribution < -0.4 is 4.74 Å². The fourth-order valence-corrected chi connectivity index (χ4v) is 3.39. The Bertz CT molecular complexity index is 520. The second kappa shape index (κ2) is 4.80. The number of carboxylic acids is 1. The van der Waals surface area contributed by atoms with Crippen LogP contribution in [0.15, 0.2) is 16.6 Å². The maximum atomic E-state index is 11.6. The fraction of sp³-hybridized carbons (Fsp3) is 0.500. The van der Waals surface area contributed by atoms with Crippen LogP contribution >= 0.6 is 15.9 Å². The Morgan fingerprint density at radius 3 is 2.95 bits per heavy atom. The van der Waals surface area contributed by atoms with Crippen LogP contribution in [0, 0.1) is 5.41 Å². The van der Waals surface area contributed by atoms with Gasteiger partial charge in [0.05, 0.1) is 18.6 Å². The Hall–Kier alpha value is -1.07. The lowest BCUT2D eigenvalue weighted by Gasteiger charge is -2.23. The second-order valence-electron chi connectivity index (χ2n) is 5.22. The number of halogens is 1. The van der Waals surface area contributed by atoms with Gasteiger partial charge in [0, 0.05) is 17.5 Å². The van der Waals surface area contributed by atoms with Crippen molar-refractivity contribution in [1.29, 1.82) is 0 Å². The highest BCUT2D eigenvalue weighted by molar-refractivity contribution is 9.10. The molecule has 2 aliphatic rings. The molecule has 2 heterocycles. The summed E-state index contributed by atoms with van der Waals surface area (Å²) in [5.41, 5.74) is 1.32. The van der Waals surface area contributed by atoms with Gasteiger partial charge in [0.15, 0.2) is 0 Å². The van der Waals surface area contributed by atoms with Crippen molar-refractivity contribution in [3.05, 3.63) is 27.7 Å². The molecule has 19 heavy (non-hydrogen) atoms. The van der Waals surface area contributed by atoms with Crippen LogP contribution in [0.4, 0.5) is 0 Å². The van der Waals surface area contributed by atoms with Gasteiger partial charge in [-0.3, -0.25) is 4.79 Å². The first kappa shape index (κ1) is 12.9. The van der Waals surface area contributed by atoms with Gasteiger partial charge in [0.1, 0.15) is 5.75 Å². The summed E-state index contributed by atoms with van der Waals surface area (Å²) in [7, 11) is 0. The summed E-state index contributed by atoms with van der Waals surface area (Å²) in [6.07, 6.45) is 1.91. The van der Waals surface area contributed by atoms with Crippen LogP contribution in [-0.2, 0) is 22.4 Å². The average Bonchev–Trinajstić information content (AvgIpc) is 2.97. The normalized spacial score (nSPS) is 25.1. The molecule has 0 bridgehead atoms. The summed E-state index contributed by atoms with van der Waals surface area (Å²) >= 11 is 3.49. The monoisotopic (exact) mass is 326 g/mol. The highest BCUT2D eigenvalue weighted by Crippen LogP contribution is 2.40. The van der Waals surface area contributed by atoms with Crippen LogP contribution in [0.25, 0.3) is 0 Å². The third kappa shape index (κ3) is 2.25. The molecule has 1 aromatic carbocycles. The molecular weight excluding hydrogens is 312 g/mol. The van der Waals surface area contributed by atoms with Crippen LogP contribution in [0.3, 0.4) is 0 Å². The molecule has 1 saturated heterocycles. The van der Waals surface area contributed by atoms with Crippen LogP contribution in [0.1, 0.15) is 17.5 Å². The molecule has 0 spiro atoms. The standard InChI is InChI=1S/C14H15BrO4/c15-11-5-9-1-3-19-12(9)10(6-11)7-14(13(16)17)2-4-18-8-14/h5-6H,1-4,7-8H2,(H,16,17). The van der Waals surface area contributed by atoms with Crippen LogP contribution in [0.2, 0.25) is 0 Å². The molecule has 3 rings (SSSR count). The van der Waals surface area contributed by atoms with Crippen molar-refractivity contribution in [2.75, 3.05) is 19.8 Å². The number of carboxylic acid groups (broad SMARTS) is 1. The van der Waals surface area contributed by atoms with Crippen LogP contribution in [0.5, 0.6) is 5.75 Å². The van der Waals surface area contributed by atoms with Crippen molar-refractivity contribution < 1.29 is 19.4 Å². The highest BCUT2D eigenvalue weighted by atomic mass is 79.9. The van der Waals surface area contributed by atoms with E-state index < -0.39 is 11.4 Å². The van der Waals surface area contributed by atoms with Gasteiger partial charge < -0.3 is 14.6 Å². The molecule has 0 aromatic heterocycles. The Balaban J connectivity index is 1.97. The third-order valence-electron chi connectivity index (χ3n) is 3.91. The van der Waals surface area contributed by atoms with Crippen molar-refractivity contribution in [2.45, 2.75) is 19.3 Å². The number of carbonyl (C=O) groups is 1. The lowest BCUT2D eigenvalue weighted by atomic mass is 9.80. The third-order valence-corrected chi connectivity index (χ3v) is 4.37. The molecule has 5 heteroatoms. The van der Waals surface area contributed by atoms with Gasteiger partial charge in [0.25, 0.3) is 0 Å². The van der Waals surface area contributed by atoms with Crippen molar-refractivity contribution in [3.63, 3.8) is 0 Å². The van der Waals surface area contributed by atoms with E-state index in [1.165, 1.54) is 0 Å². The quantitative estimate of drug-likeness (QED) is 0.926. The zero-order valence-corrected chi connectivity index (χ0v) is 12.0. The number of benzene rings is 1. The van der Waals surface area contributed by atoms with E-state index in [4.69, 9.17) is 9.47 Å². The molecule has 1 atom stereocenters. The maximum absolute atomic E-state index is 11.6. The van der Waals surface area contributed by atoms with Crippen molar-refractivity contribution >= 4 is 21.9 Å². The molecule has 1 aromatic rings. The average molecular weight is 327 g/mol. The smallest absolute Gasteiger partial charge is 0.312 e. The van der Waals surface area contributed by atoms with Gasteiger partial charge in [-0.05, 0) is 36.1 Å². The summed E-state index contributed by atoms with van der Waals surface area (Å²) in [4.78, 5) is 11.6. The highest BCUT2D eigenvalue weighted by Gasteiger charge is 2.43. The van der Waals surface area contributed by atoms with Crippen LogP contribution in [-0.4, -0.2) is 30.9 Å². The molecule has 1 unspecified atom stereocenters. The minimum Gasteiger partial charge on any atom is -0.493 e. The van der Waals surface area contributed by atoms with E-state index in [1.807, 2.05) is 12.1 Å². The van der Waals surface area contributed by atoms with E-state index in [2.05, 4.69) is 15.9 Å². The molecule has 0 radical (unpaired) electrons. The van der Waals surface area contributed by atoms with Gasteiger partial charge in [-0.25, -0.2) is 0 Å². The zero-order chi connectivity index (χ0) is 13.5. The largest absolute Gasteiger partial charge is 0.493 e. The van der Waals surface area contributed by atoms with Gasteiger partial charge in [-0.2, -0.15) is 0 Å². The van der Waals surface area contributed by atoms with E-state index >= 15 is 0 Å². The lowest BCUT2D eigenvalue weighted by Crippen LogP contribution is -2.34. The Morgan fingerprint density at radius 1 is 1.42 bits per heavy atom. The number of hydrogen-bond acceptors (Lipinski definition) is 3. The minimum absolute atomic E-state index is 0.281. The van der Waals surface area contributed by atoms with Crippen molar-refractivity contribution in [2.24, 2.45) is 5.41 Å². The van der Waals surface area contributed by atoms with Crippen molar-refractivity contribution in [3.8, 4) is 5.75 Å². The summed E-state index contributed by atoms with van der Waals surface area (Å²) in [5.74, 6) is 0.0902. The predicted octanol–water partition coefficient (Wildman–Crippen LogP) is 2.42. The Morgan fingerprint density at radius 2 is 2.26 bits per heavy atom. The first-order valence-corrected chi connectivity index (χ1v) is 7.15. The number of fused-ring (bicyclic) bond motifs is 1. The zero-order valence-electron chi connectivity index (χ0n) is 10.4. The van der Waals surface area contributed by atoms with Gasteiger partial charge in [-0.1, -0.05) is 15.9 Å². The predicted molar refractivity (Wildman–Crippen MR) is 72.5 cm³/mol. The summed E-state index contributed by atoms with van der Waals surface area (Å²) in [6, 6.07) is 4.01. The molecule has 1 fully saturated rings. The van der Waals surface area contributed by atoms with Gasteiger partial charge >= 0.3 is 5.97 Å². The first-order chi connectivity index (χ1) is 9.11. The SMILES string of the molecule is O=C(O)C1(Cc2cc(Br)cc3c2OCC3)CCOC1. The molecule has 4 nitrogen and oxygen atoms in total. The van der Waals surface area contributed by atoms with Gasteiger partial charge in [0.2, 0.25) is 0 Å². The molecule has 0 saturated carbocycles. The van der Waals surface area contributed by atoms with Gasteiger partial charge in [-0.15, -0.1) is 0 Å². The Kier molecular flexibility index (Phi) is 3.27. The van der Waals surface area contributed by atoms with E-state index in [0.717, 1.165) is 27.8 Å². The molecule has 1 N–H and O–H groups in total. The maximum Gasteiger partial charge on any atom is 0.312 e. The topological polar surface area (TPSA) is 55.8 Å².